The Balaban J connectivity index is 1.89. The molecule has 0 amide bonds. The van der Waals surface area contributed by atoms with E-state index < -0.39 is 0 Å². The summed E-state index contributed by atoms with van der Waals surface area (Å²) >= 11 is 0. The Morgan fingerprint density at radius 3 is 3.06 bits per heavy atom. The van der Waals surface area contributed by atoms with Crippen molar-refractivity contribution in [2.24, 2.45) is 5.92 Å². The van der Waals surface area contributed by atoms with Gasteiger partial charge in [0.05, 0.1) is 6.61 Å². The third-order valence-electron chi connectivity index (χ3n) is 3.32. The molecule has 0 aromatic heterocycles. The molecule has 0 aliphatic carbocycles. The minimum atomic E-state index is 0.292. The van der Waals surface area contributed by atoms with Gasteiger partial charge in [-0.3, -0.25) is 0 Å². The highest BCUT2D eigenvalue weighted by atomic mass is 16.5. The zero-order chi connectivity index (χ0) is 12.3. The molecule has 2 rings (SSSR count). The monoisotopic (exact) mass is 232 g/mol. The van der Waals surface area contributed by atoms with E-state index in [1.807, 2.05) is 0 Å². The summed E-state index contributed by atoms with van der Waals surface area (Å²) in [7, 11) is 0. The van der Waals surface area contributed by atoms with Crippen molar-refractivity contribution in [3.05, 3.63) is 29.3 Å². The average Bonchev–Trinajstić information content (AvgIpc) is 2.72. The lowest BCUT2D eigenvalue weighted by Gasteiger charge is -2.09. The molecular weight excluding hydrogens is 212 g/mol. The highest BCUT2D eigenvalue weighted by molar-refractivity contribution is 5.75. The standard InChI is InChI=1S/C15H20O2/c1-11(9-12(2)16)3-4-13-5-6-15-14(10-13)7-8-17-15/h5-6,10-11H,3-4,7-9H2,1-2H3. The maximum absolute atomic E-state index is 11.0. The molecule has 92 valence electrons. The van der Waals surface area contributed by atoms with Gasteiger partial charge in [0, 0.05) is 12.8 Å². The topological polar surface area (TPSA) is 26.3 Å². The number of carbonyl (C=O) groups excluding carboxylic acids is 1. The van der Waals surface area contributed by atoms with Gasteiger partial charge in [-0.2, -0.15) is 0 Å². The molecule has 0 fully saturated rings. The summed E-state index contributed by atoms with van der Waals surface area (Å²) in [6.07, 6.45) is 3.88. The van der Waals surface area contributed by atoms with Crippen LogP contribution < -0.4 is 4.74 Å². The van der Waals surface area contributed by atoms with Gasteiger partial charge in [-0.15, -0.1) is 0 Å². The Morgan fingerprint density at radius 1 is 1.47 bits per heavy atom. The number of carbonyl (C=O) groups is 1. The second-order valence-corrected chi connectivity index (χ2v) is 5.09. The molecule has 0 saturated heterocycles. The Bertz CT molecular complexity index is 409. The van der Waals surface area contributed by atoms with E-state index in [2.05, 4.69) is 25.1 Å². The first-order valence-electron chi connectivity index (χ1n) is 6.39. The fourth-order valence-electron chi connectivity index (χ4n) is 2.40. The minimum absolute atomic E-state index is 0.292. The smallest absolute Gasteiger partial charge is 0.130 e. The van der Waals surface area contributed by atoms with Crippen LogP contribution in [0.2, 0.25) is 0 Å². The Labute approximate surface area is 103 Å². The summed E-state index contributed by atoms with van der Waals surface area (Å²) in [5, 5.41) is 0. The summed E-state index contributed by atoms with van der Waals surface area (Å²) < 4.78 is 5.49. The number of aryl methyl sites for hydroxylation is 1. The van der Waals surface area contributed by atoms with Crippen LogP contribution in [0.1, 0.15) is 37.8 Å². The van der Waals surface area contributed by atoms with Gasteiger partial charge in [0.2, 0.25) is 0 Å². The van der Waals surface area contributed by atoms with Gasteiger partial charge in [-0.25, -0.2) is 0 Å². The molecule has 0 bridgehead atoms. The third-order valence-corrected chi connectivity index (χ3v) is 3.32. The van der Waals surface area contributed by atoms with Crippen LogP contribution in [-0.4, -0.2) is 12.4 Å². The Hall–Kier alpha value is -1.31. The first-order chi connectivity index (χ1) is 8.15. The van der Waals surface area contributed by atoms with Gasteiger partial charge in [0.25, 0.3) is 0 Å². The summed E-state index contributed by atoms with van der Waals surface area (Å²) in [4.78, 5) is 11.0. The maximum atomic E-state index is 11.0. The van der Waals surface area contributed by atoms with Crippen LogP contribution >= 0.6 is 0 Å². The van der Waals surface area contributed by atoms with Gasteiger partial charge >= 0.3 is 0 Å². The number of ether oxygens (including phenoxy) is 1. The minimum Gasteiger partial charge on any atom is -0.493 e. The predicted octanol–water partition coefficient (Wildman–Crippen LogP) is 3.17. The molecule has 2 nitrogen and oxygen atoms in total. The summed E-state index contributed by atoms with van der Waals surface area (Å²) in [5.41, 5.74) is 2.70. The molecule has 1 unspecified atom stereocenters. The molecule has 1 aromatic carbocycles. The molecule has 1 aliphatic rings. The number of Topliss-reactive ketones (excluding diaryl/α,β-unsaturated/α-hetero) is 1. The molecule has 1 aromatic rings. The molecule has 0 spiro atoms. The number of rotatable bonds is 5. The van der Waals surface area contributed by atoms with Crippen LogP contribution in [0.3, 0.4) is 0 Å². The van der Waals surface area contributed by atoms with E-state index in [1.165, 1.54) is 11.1 Å². The molecule has 2 heteroatoms. The highest BCUT2D eigenvalue weighted by Gasteiger charge is 2.12. The summed E-state index contributed by atoms with van der Waals surface area (Å²) in [5.74, 6) is 1.82. The van der Waals surface area contributed by atoms with Crippen molar-refractivity contribution in [3.8, 4) is 5.75 Å². The van der Waals surface area contributed by atoms with Crippen LogP contribution in [-0.2, 0) is 17.6 Å². The molecule has 1 heterocycles. The van der Waals surface area contributed by atoms with Crippen molar-refractivity contribution in [1.29, 1.82) is 0 Å². The number of hydrogen-bond acceptors (Lipinski definition) is 2. The SMILES string of the molecule is CC(=O)CC(C)CCc1ccc2c(c1)CCO2. The highest BCUT2D eigenvalue weighted by Crippen LogP contribution is 2.26. The van der Waals surface area contributed by atoms with Gasteiger partial charge < -0.3 is 9.53 Å². The maximum Gasteiger partial charge on any atom is 0.130 e. The second-order valence-electron chi connectivity index (χ2n) is 5.09. The molecule has 0 radical (unpaired) electrons. The van der Waals surface area contributed by atoms with Gasteiger partial charge in [0.1, 0.15) is 11.5 Å². The van der Waals surface area contributed by atoms with Crippen molar-refractivity contribution in [2.45, 2.75) is 39.5 Å². The lowest BCUT2D eigenvalue weighted by atomic mass is 9.96. The van der Waals surface area contributed by atoms with Crippen LogP contribution in [0.25, 0.3) is 0 Å². The van der Waals surface area contributed by atoms with Crippen molar-refractivity contribution in [2.75, 3.05) is 6.61 Å². The normalized spacial score (nSPS) is 15.2. The third kappa shape index (κ3) is 3.32. The van der Waals surface area contributed by atoms with Crippen molar-refractivity contribution >= 4 is 5.78 Å². The van der Waals surface area contributed by atoms with E-state index in [0.717, 1.165) is 31.6 Å². The first-order valence-corrected chi connectivity index (χ1v) is 6.39. The van der Waals surface area contributed by atoms with Crippen LogP contribution in [0.15, 0.2) is 18.2 Å². The van der Waals surface area contributed by atoms with E-state index in [9.17, 15) is 4.79 Å². The molecule has 17 heavy (non-hydrogen) atoms. The fraction of sp³-hybridized carbons (Fsp3) is 0.533. The van der Waals surface area contributed by atoms with Crippen molar-refractivity contribution < 1.29 is 9.53 Å². The van der Waals surface area contributed by atoms with Crippen LogP contribution in [0.5, 0.6) is 5.75 Å². The van der Waals surface area contributed by atoms with E-state index in [1.54, 1.807) is 6.92 Å². The fourth-order valence-corrected chi connectivity index (χ4v) is 2.40. The predicted molar refractivity (Wildman–Crippen MR) is 68.4 cm³/mol. The lowest BCUT2D eigenvalue weighted by molar-refractivity contribution is -0.117. The quantitative estimate of drug-likeness (QED) is 0.779. The van der Waals surface area contributed by atoms with Crippen molar-refractivity contribution in [3.63, 3.8) is 0 Å². The largest absolute Gasteiger partial charge is 0.493 e. The zero-order valence-corrected chi connectivity index (χ0v) is 10.7. The Morgan fingerprint density at radius 2 is 2.29 bits per heavy atom. The lowest BCUT2D eigenvalue weighted by Crippen LogP contribution is -2.03. The number of hydrogen-bond donors (Lipinski definition) is 0. The number of ketones is 1. The molecule has 1 atom stereocenters. The number of fused-ring (bicyclic) bond motifs is 1. The van der Waals surface area contributed by atoms with E-state index in [0.29, 0.717) is 18.1 Å². The summed E-state index contributed by atoms with van der Waals surface area (Å²) in [6.45, 7) is 4.64. The van der Waals surface area contributed by atoms with E-state index >= 15 is 0 Å². The molecular formula is C15H20O2. The van der Waals surface area contributed by atoms with E-state index in [4.69, 9.17) is 4.74 Å². The first kappa shape index (κ1) is 12.2. The molecule has 0 saturated carbocycles. The molecule has 1 aliphatic heterocycles. The molecule has 0 N–H and O–H groups in total. The Kier molecular flexibility index (Phi) is 3.82. The van der Waals surface area contributed by atoms with Crippen LogP contribution in [0.4, 0.5) is 0 Å². The van der Waals surface area contributed by atoms with Crippen molar-refractivity contribution in [1.82, 2.24) is 0 Å². The van der Waals surface area contributed by atoms with Gasteiger partial charge in [0.15, 0.2) is 0 Å². The average molecular weight is 232 g/mol. The number of benzene rings is 1. The zero-order valence-electron chi connectivity index (χ0n) is 10.7. The van der Waals surface area contributed by atoms with Gasteiger partial charge in [-0.1, -0.05) is 19.1 Å². The summed E-state index contributed by atoms with van der Waals surface area (Å²) in [6, 6.07) is 6.47. The van der Waals surface area contributed by atoms with Crippen LogP contribution in [0, 0.1) is 5.92 Å². The van der Waals surface area contributed by atoms with Gasteiger partial charge in [-0.05, 0) is 42.9 Å². The second kappa shape index (κ2) is 5.35. The van der Waals surface area contributed by atoms with E-state index in [-0.39, 0.29) is 0 Å².